The van der Waals surface area contributed by atoms with Gasteiger partial charge < -0.3 is 10.1 Å². The summed E-state index contributed by atoms with van der Waals surface area (Å²) in [5, 5.41) is 3.02. The Labute approximate surface area is 128 Å². The fourth-order valence-corrected chi connectivity index (χ4v) is 3.07. The average Bonchev–Trinajstić information content (AvgIpc) is 2.37. The maximum Gasteiger partial charge on any atom is 0.244 e. The molecule has 0 atom stereocenters. The van der Waals surface area contributed by atoms with Gasteiger partial charge in [0, 0.05) is 13.1 Å². The molecule has 0 spiro atoms. The van der Waals surface area contributed by atoms with E-state index in [1.165, 1.54) is 7.11 Å². The third-order valence-electron chi connectivity index (χ3n) is 3.07. The lowest BCUT2D eigenvalue weighted by atomic mass is 9.93. The van der Waals surface area contributed by atoms with Crippen molar-refractivity contribution in [3.63, 3.8) is 0 Å². The molecule has 1 aromatic rings. The highest BCUT2D eigenvalue weighted by Crippen LogP contribution is 2.25. The van der Waals surface area contributed by atoms with Crippen molar-refractivity contribution in [3.05, 3.63) is 23.8 Å². The van der Waals surface area contributed by atoms with E-state index in [1.807, 2.05) is 7.05 Å². The first-order valence-electron chi connectivity index (χ1n) is 7.01. The number of methoxy groups -OCH3 is 1. The van der Waals surface area contributed by atoms with Gasteiger partial charge in [0.15, 0.2) is 0 Å². The van der Waals surface area contributed by atoms with Gasteiger partial charge in [-0.05, 0) is 36.6 Å². The van der Waals surface area contributed by atoms with Crippen molar-refractivity contribution in [2.75, 3.05) is 20.7 Å². The van der Waals surface area contributed by atoms with Crippen LogP contribution in [0.5, 0.6) is 5.75 Å². The van der Waals surface area contributed by atoms with Crippen molar-refractivity contribution in [2.24, 2.45) is 5.41 Å². The van der Waals surface area contributed by atoms with E-state index in [0.29, 0.717) is 18.8 Å². The maximum atomic E-state index is 12.4. The zero-order valence-electron chi connectivity index (χ0n) is 13.5. The molecular weight excluding hydrogens is 288 g/mol. The highest BCUT2D eigenvalue weighted by molar-refractivity contribution is 7.89. The number of nitrogens with one attached hydrogen (secondary N) is 2. The zero-order valence-corrected chi connectivity index (χ0v) is 14.3. The third-order valence-corrected chi connectivity index (χ3v) is 4.57. The number of hydrogen-bond acceptors (Lipinski definition) is 4. The minimum absolute atomic E-state index is 0.0866. The molecule has 0 fully saturated rings. The lowest BCUT2D eigenvalue weighted by Gasteiger charge is -2.18. The summed E-state index contributed by atoms with van der Waals surface area (Å²) in [6.45, 7) is 7.30. The smallest absolute Gasteiger partial charge is 0.244 e. The molecule has 2 N–H and O–H groups in total. The van der Waals surface area contributed by atoms with Crippen LogP contribution < -0.4 is 14.8 Å². The van der Waals surface area contributed by atoms with E-state index < -0.39 is 10.0 Å². The van der Waals surface area contributed by atoms with Crippen LogP contribution in [0.25, 0.3) is 0 Å². The quantitative estimate of drug-likeness (QED) is 0.809. The molecule has 0 aliphatic carbocycles. The van der Waals surface area contributed by atoms with Crippen molar-refractivity contribution in [1.29, 1.82) is 0 Å². The summed E-state index contributed by atoms with van der Waals surface area (Å²) in [5.41, 5.74) is 1.06. The Kier molecular flexibility index (Phi) is 6.19. The van der Waals surface area contributed by atoms with Gasteiger partial charge in [-0.15, -0.1) is 0 Å². The van der Waals surface area contributed by atoms with Crippen LogP contribution in [0.2, 0.25) is 0 Å². The van der Waals surface area contributed by atoms with E-state index in [4.69, 9.17) is 4.74 Å². The van der Waals surface area contributed by atoms with Gasteiger partial charge in [-0.3, -0.25) is 0 Å². The predicted molar refractivity (Wildman–Crippen MR) is 85.0 cm³/mol. The van der Waals surface area contributed by atoms with Crippen LogP contribution >= 0.6 is 0 Å². The highest BCUT2D eigenvalue weighted by atomic mass is 32.2. The zero-order chi connectivity index (χ0) is 16.1. The molecule has 0 amide bonds. The normalized spacial score (nSPS) is 12.4. The first-order chi connectivity index (χ1) is 9.69. The number of rotatable bonds is 7. The van der Waals surface area contributed by atoms with E-state index in [2.05, 4.69) is 30.8 Å². The lowest BCUT2D eigenvalue weighted by molar-refractivity contribution is 0.377. The van der Waals surface area contributed by atoms with Crippen LogP contribution in [0.4, 0.5) is 0 Å². The molecule has 0 aliphatic rings. The van der Waals surface area contributed by atoms with Crippen LogP contribution in [-0.4, -0.2) is 29.1 Å². The topological polar surface area (TPSA) is 67.4 Å². The second-order valence-corrected chi connectivity index (χ2v) is 7.96. The summed E-state index contributed by atoms with van der Waals surface area (Å²) in [6, 6.07) is 5.12. The van der Waals surface area contributed by atoms with Gasteiger partial charge in [0.1, 0.15) is 10.6 Å². The van der Waals surface area contributed by atoms with Gasteiger partial charge in [0.2, 0.25) is 10.0 Å². The van der Waals surface area contributed by atoms with Crippen molar-refractivity contribution >= 4 is 10.0 Å². The summed E-state index contributed by atoms with van der Waals surface area (Å²) in [5.74, 6) is 0.367. The monoisotopic (exact) mass is 314 g/mol. The summed E-state index contributed by atoms with van der Waals surface area (Å²) < 4.78 is 32.6. The van der Waals surface area contributed by atoms with Crippen LogP contribution in [0.15, 0.2) is 23.1 Å². The molecule has 0 saturated heterocycles. The van der Waals surface area contributed by atoms with E-state index in [-0.39, 0.29) is 10.3 Å². The van der Waals surface area contributed by atoms with Gasteiger partial charge in [-0.2, -0.15) is 0 Å². The van der Waals surface area contributed by atoms with Crippen LogP contribution in [0.1, 0.15) is 32.8 Å². The number of hydrogen-bond donors (Lipinski definition) is 2. The van der Waals surface area contributed by atoms with Crippen molar-refractivity contribution in [2.45, 2.75) is 38.6 Å². The molecule has 0 aliphatic heterocycles. The van der Waals surface area contributed by atoms with Gasteiger partial charge in [0.05, 0.1) is 7.11 Å². The molecule has 1 rings (SSSR count). The van der Waals surface area contributed by atoms with E-state index >= 15 is 0 Å². The molecule has 5 nitrogen and oxygen atoms in total. The fraction of sp³-hybridized carbons (Fsp3) is 0.600. The Morgan fingerprint density at radius 3 is 2.43 bits per heavy atom. The summed E-state index contributed by atoms with van der Waals surface area (Å²) in [7, 11) is -0.235. The van der Waals surface area contributed by atoms with Gasteiger partial charge in [-0.25, -0.2) is 13.1 Å². The second kappa shape index (κ2) is 7.24. The standard InChI is InChI=1S/C15H26N2O3S/c1-15(2,3)8-9-17-21(18,19)14-7-6-12(11-16-4)10-13(14)20-5/h6-7,10,16-17H,8-9,11H2,1-5H3. The molecule has 0 heterocycles. The number of benzene rings is 1. The van der Waals surface area contributed by atoms with E-state index in [1.54, 1.807) is 18.2 Å². The Hall–Kier alpha value is -1.11. The summed E-state index contributed by atoms with van der Waals surface area (Å²) in [4.78, 5) is 0.179. The number of ether oxygens (including phenoxy) is 1. The van der Waals surface area contributed by atoms with Crippen molar-refractivity contribution < 1.29 is 13.2 Å². The van der Waals surface area contributed by atoms with Crippen LogP contribution in [-0.2, 0) is 16.6 Å². The first kappa shape index (κ1) is 17.9. The molecule has 0 unspecified atom stereocenters. The fourth-order valence-electron chi connectivity index (χ4n) is 1.89. The second-order valence-electron chi connectivity index (χ2n) is 6.22. The Morgan fingerprint density at radius 1 is 1.24 bits per heavy atom. The van der Waals surface area contributed by atoms with Crippen LogP contribution in [0, 0.1) is 5.41 Å². The number of sulfonamides is 1. The first-order valence-corrected chi connectivity index (χ1v) is 8.49. The third kappa shape index (κ3) is 5.65. The van der Waals surface area contributed by atoms with Gasteiger partial charge >= 0.3 is 0 Å². The van der Waals surface area contributed by atoms with Crippen LogP contribution in [0.3, 0.4) is 0 Å². The van der Waals surface area contributed by atoms with E-state index in [9.17, 15) is 8.42 Å². The predicted octanol–water partition coefficient (Wildman–Crippen LogP) is 2.13. The molecule has 0 saturated carbocycles. The summed E-state index contributed by atoms with van der Waals surface area (Å²) in [6.07, 6.45) is 0.770. The molecule has 1 aromatic carbocycles. The highest BCUT2D eigenvalue weighted by Gasteiger charge is 2.20. The average molecular weight is 314 g/mol. The Bertz CT molecular complexity index is 563. The molecule has 0 radical (unpaired) electrons. The summed E-state index contributed by atoms with van der Waals surface area (Å²) >= 11 is 0. The molecular formula is C15H26N2O3S. The lowest BCUT2D eigenvalue weighted by Crippen LogP contribution is -2.27. The van der Waals surface area contributed by atoms with Crippen molar-refractivity contribution in [1.82, 2.24) is 10.0 Å². The minimum Gasteiger partial charge on any atom is -0.495 e. The Balaban J connectivity index is 2.92. The van der Waals surface area contributed by atoms with Gasteiger partial charge in [-0.1, -0.05) is 26.8 Å². The molecule has 120 valence electrons. The van der Waals surface area contributed by atoms with Crippen molar-refractivity contribution in [3.8, 4) is 5.75 Å². The molecule has 0 aromatic heterocycles. The molecule has 6 heteroatoms. The van der Waals surface area contributed by atoms with E-state index in [0.717, 1.165) is 12.0 Å². The largest absolute Gasteiger partial charge is 0.495 e. The minimum atomic E-state index is -3.55. The van der Waals surface area contributed by atoms with Gasteiger partial charge in [0.25, 0.3) is 0 Å². The maximum absolute atomic E-state index is 12.4. The SMILES string of the molecule is CNCc1ccc(S(=O)(=O)NCCC(C)(C)C)c(OC)c1. The Morgan fingerprint density at radius 2 is 1.90 bits per heavy atom. The molecule has 0 bridgehead atoms. The molecule has 21 heavy (non-hydrogen) atoms.